The molecule has 0 saturated carbocycles. The number of allylic oxidation sites excluding steroid dienone is 1. The standard InChI is InChI=1S/C12H13NO4/c1-2-3-4-9-17-12(14)10-5-7-11(8-6-10)13(15)16/h2,5-8H,1,3-4,9H2. The van der Waals surface area contributed by atoms with Crippen molar-refractivity contribution in [1.29, 1.82) is 0 Å². The monoisotopic (exact) mass is 235 g/mol. The number of carbonyl (C=O) groups is 1. The molecule has 0 unspecified atom stereocenters. The zero-order valence-corrected chi connectivity index (χ0v) is 9.30. The molecule has 0 aliphatic rings. The SMILES string of the molecule is C=CCCCOC(=O)c1ccc([N+](=O)[O-])cc1. The third-order valence-electron chi connectivity index (χ3n) is 2.10. The van der Waals surface area contributed by atoms with Gasteiger partial charge in [-0.15, -0.1) is 6.58 Å². The Kier molecular flexibility index (Phi) is 4.87. The van der Waals surface area contributed by atoms with E-state index in [1.165, 1.54) is 24.3 Å². The number of unbranched alkanes of at least 4 members (excludes halogenated alkanes) is 1. The van der Waals surface area contributed by atoms with Crippen molar-refractivity contribution in [3.8, 4) is 0 Å². The Morgan fingerprint density at radius 2 is 2.06 bits per heavy atom. The van der Waals surface area contributed by atoms with Crippen LogP contribution >= 0.6 is 0 Å². The zero-order valence-electron chi connectivity index (χ0n) is 9.30. The van der Waals surface area contributed by atoms with Crippen LogP contribution in [-0.4, -0.2) is 17.5 Å². The van der Waals surface area contributed by atoms with Crippen molar-refractivity contribution in [2.24, 2.45) is 0 Å². The zero-order chi connectivity index (χ0) is 12.7. The summed E-state index contributed by atoms with van der Waals surface area (Å²) in [6, 6.07) is 5.32. The molecule has 0 N–H and O–H groups in total. The van der Waals surface area contributed by atoms with Crippen molar-refractivity contribution in [3.05, 3.63) is 52.6 Å². The molecule has 0 spiro atoms. The van der Waals surface area contributed by atoms with Gasteiger partial charge < -0.3 is 4.74 Å². The molecule has 0 heterocycles. The molecule has 0 aliphatic carbocycles. The van der Waals surface area contributed by atoms with Crippen LogP contribution in [0.4, 0.5) is 5.69 Å². The smallest absolute Gasteiger partial charge is 0.338 e. The second-order valence-corrected chi connectivity index (χ2v) is 3.37. The molecule has 0 radical (unpaired) electrons. The highest BCUT2D eigenvalue weighted by Gasteiger charge is 2.09. The molecule has 90 valence electrons. The number of nitro benzene ring substituents is 1. The van der Waals surface area contributed by atoms with Crippen LogP contribution in [0.5, 0.6) is 0 Å². The van der Waals surface area contributed by atoms with Gasteiger partial charge in [0.1, 0.15) is 0 Å². The normalized spacial score (nSPS) is 9.65. The lowest BCUT2D eigenvalue weighted by Crippen LogP contribution is -2.06. The number of hydrogen-bond donors (Lipinski definition) is 0. The summed E-state index contributed by atoms with van der Waals surface area (Å²) in [5.41, 5.74) is 0.266. The van der Waals surface area contributed by atoms with E-state index in [1.807, 2.05) is 0 Å². The van der Waals surface area contributed by atoms with Crippen molar-refractivity contribution < 1.29 is 14.5 Å². The van der Waals surface area contributed by atoms with E-state index in [1.54, 1.807) is 6.08 Å². The van der Waals surface area contributed by atoms with Gasteiger partial charge in [0.05, 0.1) is 17.1 Å². The molecular weight excluding hydrogens is 222 g/mol. The minimum absolute atomic E-state index is 0.0480. The molecule has 0 aliphatic heterocycles. The van der Waals surface area contributed by atoms with Crippen LogP contribution < -0.4 is 0 Å². The number of nitro groups is 1. The summed E-state index contributed by atoms with van der Waals surface area (Å²) in [6.07, 6.45) is 3.26. The number of esters is 1. The van der Waals surface area contributed by atoms with Crippen LogP contribution in [0.1, 0.15) is 23.2 Å². The first-order chi connectivity index (χ1) is 8.15. The van der Waals surface area contributed by atoms with Gasteiger partial charge in [0.15, 0.2) is 0 Å². The second-order valence-electron chi connectivity index (χ2n) is 3.37. The van der Waals surface area contributed by atoms with Gasteiger partial charge in [-0.05, 0) is 25.0 Å². The molecule has 17 heavy (non-hydrogen) atoms. The fourth-order valence-corrected chi connectivity index (χ4v) is 1.20. The summed E-state index contributed by atoms with van der Waals surface area (Å²) in [5.74, 6) is -0.469. The van der Waals surface area contributed by atoms with E-state index in [0.29, 0.717) is 12.2 Å². The molecule has 0 bridgehead atoms. The molecule has 5 nitrogen and oxygen atoms in total. The Labute approximate surface area is 98.9 Å². The summed E-state index contributed by atoms with van der Waals surface area (Å²) in [6.45, 7) is 3.88. The van der Waals surface area contributed by atoms with E-state index in [2.05, 4.69) is 6.58 Å². The molecule has 1 aromatic carbocycles. The molecule has 1 aromatic rings. The average Bonchev–Trinajstić information content (AvgIpc) is 2.34. The summed E-state index contributed by atoms with van der Waals surface area (Å²) < 4.78 is 4.97. The maximum absolute atomic E-state index is 11.5. The third-order valence-corrected chi connectivity index (χ3v) is 2.10. The first-order valence-electron chi connectivity index (χ1n) is 5.17. The van der Waals surface area contributed by atoms with Gasteiger partial charge in [0.25, 0.3) is 5.69 Å². The molecule has 0 atom stereocenters. The van der Waals surface area contributed by atoms with Crippen molar-refractivity contribution in [1.82, 2.24) is 0 Å². The minimum Gasteiger partial charge on any atom is -0.462 e. The highest BCUT2D eigenvalue weighted by atomic mass is 16.6. The number of ether oxygens (including phenoxy) is 1. The lowest BCUT2D eigenvalue weighted by molar-refractivity contribution is -0.384. The molecule has 0 amide bonds. The van der Waals surface area contributed by atoms with Gasteiger partial charge in [-0.1, -0.05) is 6.08 Å². The minimum atomic E-state index is -0.515. The Balaban J connectivity index is 2.51. The predicted molar refractivity (Wildman–Crippen MR) is 62.8 cm³/mol. The highest BCUT2D eigenvalue weighted by Crippen LogP contribution is 2.12. The molecular formula is C12H13NO4. The van der Waals surface area contributed by atoms with Crippen LogP contribution in [0, 0.1) is 10.1 Å². The van der Waals surface area contributed by atoms with E-state index < -0.39 is 10.9 Å². The number of nitrogens with zero attached hydrogens (tertiary/aromatic N) is 1. The van der Waals surface area contributed by atoms with Gasteiger partial charge in [-0.2, -0.15) is 0 Å². The number of non-ortho nitro benzene ring substituents is 1. The van der Waals surface area contributed by atoms with Crippen LogP contribution in [0.3, 0.4) is 0 Å². The Hall–Kier alpha value is -2.17. The summed E-state index contributed by atoms with van der Waals surface area (Å²) >= 11 is 0. The number of benzene rings is 1. The Bertz CT molecular complexity index is 411. The second kappa shape index (κ2) is 6.42. The van der Waals surface area contributed by atoms with E-state index in [0.717, 1.165) is 12.8 Å². The third kappa shape index (κ3) is 4.06. The molecule has 0 fully saturated rings. The molecule has 1 rings (SSSR count). The largest absolute Gasteiger partial charge is 0.462 e. The number of hydrogen-bond acceptors (Lipinski definition) is 4. The molecule has 5 heteroatoms. The van der Waals surface area contributed by atoms with E-state index in [9.17, 15) is 14.9 Å². The quantitative estimate of drug-likeness (QED) is 0.250. The van der Waals surface area contributed by atoms with Gasteiger partial charge in [-0.25, -0.2) is 4.79 Å². The topological polar surface area (TPSA) is 69.4 Å². The van der Waals surface area contributed by atoms with Crippen molar-refractivity contribution in [3.63, 3.8) is 0 Å². The lowest BCUT2D eigenvalue weighted by Gasteiger charge is -2.03. The predicted octanol–water partition coefficient (Wildman–Crippen LogP) is 2.72. The van der Waals surface area contributed by atoms with Crippen LogP contribution in [0.25, 0.3) is 0 Å². The van der Waals surface area contributed by atoms with Crippen LogP contribution in [0.2, 0.25) is 0 Å². The van der Waals surface area contributed by atoms with Crippen LogP contribution in [0.15, 0.2) is 36.9 Å². The van der Waals surface area contributed by atoms with Crippen LogP contribution in [-0.2, 0) is 4.74 Å². The van der Waals surface area contributed by atoms with E-state index in [-0.39, 0.29) is 5.69 Å². The first-order valence-corrected chi connectivity index (χ1v) is 5.17. The lowest BCUT2D eigenvalue weighted by atomic mass is 10.2. The highest BCUT2D eigenvalue weighted by molar-refractivity contribution is 5.89. The molecule has 0 aromatic heterocycles. The maximum atomic E-state index is 11.5. The average molecular weight is 235 g/mol. The first kappa shape index (κ1) is 12.9. The summed E-state index contributed by atoms with van der Waals surface area (Å²) in [4.78, 5) is 21.4. The summed E-state index contributed by atoms with van der Waals surface area (Å²) in [7, 11) is 0. The van der Waals surface area contributed by atoms with Crippen molar-refractivity contribution in [2.75, 3.05) is 6.61 Å². The number of rotatable bonds is 6. The Morgan fingerprint density at radius 1 is 1.41 bits per heavy atom. The van der Waals surface area contributed by atoms with Gasteiger partial charge in [-0.3, -0.25) is 10.1 Å². The summed E-state index contributed by atoms with van der Waals surface area (Å²) in [5, 5.41) is 10.4. The van der Waals surface area contributed by atoms with Gasteiger partial charge in [0.2, 0.25) is 0 Å². The fraction of sp³-hybridized carbons (Fsp3) is 0.250. The van der Waals surface area contributed by atoms with E-state index in [4.69, 9.17) is 4.74 Å². The Morgan fingerprint density at radius 3 is 2.59 bits per heavy atom. The van der Waals surface area contributed by atoms with Crippen molar-refractivity contribution in [2.45, 2.75) is 12.8 Å². The maximum Gasteiger partial charge on any atom is 0.338 e. The van der Waals surface area contributed by atoms with E-state index >= 15 is 0 Å². The van der Waals surface area contributed by atoms with Crippen molar-refractivity contribution >= 4 is 11.7 Å². The van der Waals surface area contributed by atoms with Gasteiger partial charge >= 0.3 is 5.97 Å². The van der Waals surface area contributed by atoms with Gasteiger partial charge in [0, 0.05) is 12.1 Å². The number of carbonyl (C=O) groups excluding carboxylic acids is 1. The fourth-order valence-electron chi connectivity index (χ4n) is 1.20. The molecule has 0 saturated heterocycles.